The van der Waals surface area contributed by atoms with Gasteiger partial charge in [0.05, 0.1) is 13.0 Å². The number of methoxy groups -OCH3 is 1. The maximum atomic E-state index is 11.8. The number of hydrogen-bond acceptors (Lipinski definition) is 5. The molecule has 1 fully saturated rings. The van der Waals surface area contributed by atoms with Crippen molar-refractivity contribution in [3.05, 3.63) is 35.9 Å². The SMILES string of the molecule is COC(=O)C1CC(=O)N(C(=O)OCc2ccccc2)C1. The molecule has 2 rings (SSSR count). The second-order valence-electron chi connectivity index (χ2n) is 4.47. The van der Waals surface area contributed by atoms with E-state index in [0.717, 1.165) is 10.5 Å². The van der Waals surface area contributed by atoms with Gasteiger partial charge in [0.15, 0.2) is 0 Å². The van der Waals surface area contributed by atoms with Crippen molar-refractivity contribution < 1.29 is 23.9 Å². The van der Waals surface area contributed by atoms with Crippen LogP contribution in [0.5, 0.6) is 0 Å². The number of esters is 1. The summed E-state index contributed by atoms with van der Waals surface area (Å²) in [6.07, 6.45) is -0.752. The lowest BCUT2D eigenvalue weighted by Gasteiger charge is -2.14. The molecule has 1 aliphatic heterocycles. The molecule has 1 aromatic rings. The first kappa shape index (κ1) is 14.0. The normalized spacial score (nSPS) is 17.9. The van der Waals surface area contributed by atoms with Crippen molar-refractivity contribution in [3.63, 3.8) is 0 Å². The topological polar surface area (TPSA) is 72.9 Å². The van der Waals surface area contributed by atoms with E-state index in [4.69, 9.17) is 4.74 Å². The molecule has 2 amide bonds. The van der Waals surface area contributed by atoms with E-state index in [1.807, 2.05) is 30.3 Å². The van der Waals surface area contributed by atoms with E-state index < -0.39 is 23.9 Å². The molecule has 20 heavy (non-hydrogen) atoms. The average Bonchev–Trinajstić information content (AvgIpc) is 2.87. The molecule has 1 aliphatic rings. The Morgan fingerprint density at radius 3 is 2.65 bits per heavy atom. The summed E-state index contributed by atoms with van der Waals surface area (Å²) >= 11 is 0. The predicted octanol–water partition coefficient (Wildman–Crippen LogP) is 1.34. The van der Waals surface area contributed by atoms with Crippen molar-refractivity contribution in [3.8, 4) is 0 Å². The summed E-state index contributed by atoms with van der Waals surface area (Å²) in [5.74, 6) is -1.51. The molecule has 6 heteroatoms. The molecule has 1 aromatic carbocycles. The predicted molar refractivity (Wildman–Crippen MR) is 68.5 cm³/mol. The quantitative estimate of drug-likeness (QED) is 0.780. The molecule has 0 bridgehead atoms. The van der Waals surface area contributed by atoms with Gasteiger partial charge >= 0.3 is 12.1 Å². The van der Waals surface area contributed by atoms with Crippen LogP contribution in [0, 0.1) is 5.92 Å². The first-order chi connectivity index (χ1) is 9.61. The van der Waals surface area contributed by atoms with Gasteiger partial charge in [-0.15, -0.1) is 0 Å². The van der Waals surface area contributed by atoms with Crippen LogP contribution >= 0.6 is 0 Å². The van der Waals surface area contributed by atoms with Crippen LogP contribution in [0.1, 0.15) is 12.0 Å². The maximum Gasteiger partial charge on any atom is 0.416 e. The first-order valence-electron chi connectivity index (χ1n) is 6.20. The number of hydrogen-bond donors (Lipinski definition) is 0. The second-order valence-corrected chi connectivity index (χ2v) is 4.47. The molecule has 0 spiro atoms. The van der Waals surface area contributed by atoms with Gasteiger partial charge < -0.3 is 9.47 Å². The van der Waals surface area contributed by atoms with Crippen LogP contribution in [0.2, 0.25) is 0 Å². The van der Waals surface area contributed by atoms with Gasteiger partial charge in [-0.25, -0.2) is 9.69 Å². The summed E-state index contributed by atoms with van der Waals surface area (Å²) < 4.78 is 9.63. The van der Waals surface area contributed by atoms with Crippen molar-refractivity contribution in [2.75, 3.05) is 13.7 Å². The minimum atomic E-state index is -0.731. The van der Waals surface area contributed by atoms with E-state index in [-0.39, 0.29) is 19.6 Å². The molecule has 0 N–H and O–H groups in total. The number of likely N-dealkylation sites (tertiary alicyclic amines) is 1. The molecule has 1 heterocycles. The molecule has 0 radical (unpaired) electrons. The van der Waals surface area contributed by atoms with Crippen LogP contribution in [-0.2, 0) is 25.7 Å². The summed E-state index contributed by atoms with van der Waals surface area (Å²) in [4.78, 5) is 35.8. The summed E-state index contributed by atoms with van der Waals surface area (Å²) in [5, 5.41) is 0. The number of rotatable bonds is 3. The number of benzene rings is 1. The van der Waals surface area contributed by atoms with Crippen molar-refractivity contribution in [1.29, 1.82) is 0 Å². The van der Waals surface area contributed by atoms with Crippen LogP contribution in [-0.4, -0.2) is 36.5 Å². The number of carbonyl (C=O) groups is 3. The minimum Gasteiger partial charge on any atom is -0.469 e. The van der Waals surface area contributed by atoms with Gasteiger partial charge in [0, 0.05) is 13.0 Å². The summed E-state index contributed by atoms with van der Waals surface area (Å²) in [6, 6.07) is 9.15. The zero-order valence-corrected chi connectivity index (χ0v) is 11.1. The second kappa shape index (κ2) is 6.18. The summed E-state index contributed by atoms with van der Waals surface area (Å²) in [7, 11) is 1.25. The number of nitrogens with zero attached hydrogens (tertiary/aromatic N) is 1. The lowest BCUT2D eigenvalue weighted by molar-refractivity contribution is -0.145. The van der Waals surface area contributed by atoms with Gasteiger partial charge in [0.1, 0.15) is 6.61 Å². The number of amides is 2. The third kappa shape index (κ3) is 3.14. The Kier molecular flexibility index (Phi) is 4.34. The lowest BCUT2D eigenvalue weighted by atomic mass is 10.1. The highest BCUT2D eigenvalue weighted by Crippen LogP contribution is 2.20. The van der Waals surface area contributed by atoms with Gasteiger partial charge in [-0.3, -0.25) is 9.59 Å². The van der Waals surface area contributed by atoms with Crippen molar-refractivity contribution in [2.24, 2.45) is 5.92 Å². The molecule has 0 aliphatic carbocycles. The highest BCUT2D eigenvalue weighted by molar-refractivity contribution is 5.97. The van der Waals surface area contributed by atoms with Gasteiger partial charge in [-0.2, -0.15) is 0 Å². The van der Waals surface area contributed by atoms with Crippen LogP contribution in [0.25, 0.3) is 0 Å². The van der Waals surface area contributed by atoms with Crippen molar-refractivity contribution in [1.82, 2.24) is 4.90 Å². The smallest absolute Gasteiger partial charge is 0.416 e. The Labute approximate surface area is 116 Å². The van der Waals surface area contributed by atoms with Crippen LogP contribution in [0.3, 0.4) is 0 Å². The van der Waals surface area contributed by atoms with E-state index in [0.29, 0.717) is 0 Å². The van der Waals surface area contributed by atoms with Crippen molar-refractivity contribution >= 4 is 18.0 Å². The van der Waals surface area contributed by atoms with Gasteiger partial charge in [0.2, 0.25) is 5.91 Å². The molecular formula is C14H15NO5. The Bertz CT molecular complexity index is 514. The van der Waals surface area contributed by atoms with E-state index in [1.165, 1.54) is 7.11 Å². The molecule has 6 nitrogen and oxygen atoms in total. The summed E-state index contributed by atoms with van der Waals surface area (Å²) in [5.41, 5.74) is 0.831. The Morgan fingerprint density at radius 2 is 2.00 bits per heavy atom. The average molecular weight is 277 g/mol. The third-order valence-corrected chi connectivity index (χ3v) is 3.09. The first-order valence-corrected chi connectivity index (χ1v) is 6.20. The highest BCUT2D eigenvalue weighted by atomic mass is 16.6. The zero-order valence-electron chi connectivity index (χ0n) is 11.1. The fraction of sp³-hybridized carbons (Fsp3) is 0.357. The Morgan fingerprint density at radius 1 is 1.30 bits per heavy atom. The van der Waals surface area contributed by atoms with Gasteiger partial charge in [0.25, 0.3) is 0 Å². The maximum absolute atomic E-state index is 11.8. The molecule has 1 unspecified atom stereocenters. The van der Waals surface area contributed by atoms with Crippen LogP contribution in [0.15, 0.2) is 30.3 Å². The molecule has 0 aromatic heterocycles. The van der Waals surface area contributed by atoms with Gasteiger partial charge in [-0.05, 0) is 5.56 Å². The van der Waals surface area contributed by atoms with Crippen LogP contribution < -0.4 is 0 Å². The molecule has 1 atom stereocenters. The standard InChI is InChI=1S/C14H15NO5/c1-19-13(17)11-7-12(16)15(8-11)14(18)20-9-10-5-3-2-4-6-10/h2-6,11H,7-9H2,1H3. The summed E-state index contributed by atoms with van der Waals surface area (Å²) in [6.45, 7) is 0.103. The fourth-order valence-electron chi connectivity index (χ4n) is 2.01. The highest BCUT2D eigenvalue weighted by Gasteiger charge is 2.39. The number of ether oxygens (including phenoxy) is 2. The monoisotopic (exact) mass is 277 g/mol. The van der Waals surface area contributed by atoms with E-state index in [9.17, 15) is 14.4 Å². The van der Waals surface area contributed by atoms with Gasteiger partial charge in [-0.1, -0.05) is 30.3 Å². The van der Waals surface area contributed by atoms with E-state index >= 15 is 0 Å². The largest absolute Gasteiger partial charge is 0.469 e. The molecule has 1 saturated heterocycles. The lowest BCUT2D eigenvalue weighted by Crippen LogP contribution is -2.33. The number of carbonyl (C=O) groups excluding carboxylic acids is 3. The van der Waals surface area contributed by atoms with E-state index in [2.05, 4.69) is 4.74 Å². The zero-order chi connectivity index (χ0) is 14.5. The molecule has 0 saturated carbocycles. The minimum absolute atomic E-state index is 0.0130. The molecule has 106 valence electrons. The Hall–Kier alpha value is -2.37. The van der Waals surface area contributed by atoms with Crippen molar-refractivity contribution in [2.45, 2.75) is 13.0 Å². The van der Waals surface area contributed by atoms with E-state index in [1.54, 1.807) is 0 Å². The third-order valence-electron chi connectivity index (χ3n) is 3.09. The number of imide groups is 1. The molecular weight excluding hydrogens is 262 g/mol. The fourth-order valence-corrected chi connectivity index (χ4v) is 2.01. The van der Waals surface area contributed by atoms with Crippen LogP contribution in [0.4, 0.5) is 4.79 Å². The Balaban J connectivity index is 1.90.